The van der Waals surface area contributed by atoms with Crippen LogP contribution in [0.1, 0.15) is 18.0 Å². The zero-order chi connectivity index (χ0) is 19.0. The van der Waals surface area contributed by atoms with Crippen molar-refractivity contribution in [3.05, 3.63) is 64.1 Å². The lowest BCUT2D eigenvalue weighted by molar-refractivity contribution is -0.933. The molecule has 0 saturated carbocycles. The Kier molecular flexibility index (Phi) is 4.81. The van der Waals surface area contributed by atoms with Crippen molar-refractivity contribution in [3.8, 4) is 5.69 Å². The summed E-state index contributed by atoms with van der Waals surface area (Å²) < 4.78 is 18.2. The maximum Gasteiger partial charge on any atom is 0.225 e. The fourth-order valence-corrected chi connectivity index (χ4v) is 4.16. The van der Waals surface area contributed by atoms with E-state index in [4.69, 9.17) is 17.2 Å². The second kappa shape index (κ2) is 7.26. The molecule has 6 nitrogen and oxygen atoms in total. The van der Waals surface area contributed by atoms with Crippen LogP contribution in [0, 0.1) is 10.6 Å². The number of hydrogen-bond acceptors (Lipinski definition) is 5. The fraction of sp³-hybridized carbons (Fsp3) is 0.222. The molecule has 0 aliphatic rings. The Morgan fingerprint density at radius 2 is 2.00 bits per heavy atom. The maximum atomic E-state index is 13.5. The number of hydrogen-bond donors (Lipinski definition) is 1. The molecule has 2 atom stereocenters. The normalized spacial score (nSPS) is 13.7. The topological polar surface area (TPSA) is 53.0 Å². The van der Waals surface area contributed by atoms with Gasteiger partial charge in [0.25, 0.3) is 0 Å². The Hall–Kier alpha value is -2.49. The van der Waals surface area contributed by atoms with Crippen molar-refractivity contribution in [1.82, 2.24) is 24.8 Å². The van der Waals surface area contributed by atoms with E-state index in [1.807, 2.05) is 18.2 Å². The molecule has 2 heterocycles. The minimum absolute atomic E-state index is 0.170. The van der Waals surface area contributed by atoms with Crippen molar-refractivity contribution >= 4 is 33.8 Å². The second-order valence-corrected chi connectivity index (χ2v) is 7.83. The maximum absolute atomic E-state index is 13.5. The van der Waals surface area contributed by atoms with Gasteiger partial charge in [0, 0.05) is 0 Å². The molecular weight excluding hydrogens is 383 g/mol. The quantitative estimate of drug-likeness (QED) is 0.523. The zero-order valence-corrected chi connectivity index (χ0v) is 16.5. The highest BCUT2D eigenvalue weighted by Crippen LogP contribution is 2.24. The molecule has 0 spiro atoms. The largest absolute Gasteiger partial charge is 0.311 e. The summed E-state index contributed by atoms with van der Waals surface area (Å²) >= 11 is 7.18. The van der Waals surface area contributed by atoms with E-state index in [9.17, 15) is 4.39 Å². The Balaban J connectivity index is 1.56. The summed E-state index contributed by atoms with van der Waals surface area (Å²) in [5.41, 5.74) is 1.58. The van der Waals surface area contributed by atoms with Crippen LogP contribution < -0.4 is 4.90 Å². The van der Waals surface area contributed by atoms with Gasteiger partial charge in [-0.25, -0.2) is 9.37 Å². The monoisotopic (exact) mass is 401 g/mol. The van der Waals surface area contributed by atoms with E-state index in [1.54, 1.807) is 28.2 Å². The van der Waals surface area contributed by atoms with Gasteiger partial charge in [0.1, 0.15) is 11.9 Å². The summed E-state index contributed by atoms with van der Waals surface area (Å²) in [6.45, 7) is 2.67. The minimum Gasteiger partial charge on any atom is -0.311 e. The molecule has 138 valence electrons. The van der Waals surface area contributed by atoms with Crippen LogP contribution in [0.2, 0.25) is 0 Å². The first-order valence-electron chi connectivity index (χ1n) is 8.49. The molecular formula is C18H18FN6S2+. The Labute approximate surface area is 164 Å². The van der Waals surface area contributed by atoms with E-state index in [-0.39, 0.29) is 11.9 Å². The number of aromatic nitrogens is 5. The third-order valence-electron chi connectivity index (χ3n) is 4.51. The average molecular weight is 402 g/mol. The van der Waals surface area contributed by atoms with E-state index in [0.29, 0.717) is 17.1 Å². The molecule has 0 radical (unpaired) electrons. The summed E-state index contributed by atoms with van der Waals surface area (Å²) in [5, 5.41) is 9.29. The average Bonchev–Trinajstić information content (AvgIpc) is 3.25. The zero-order valence-electron chi connectivity index (χ0n) is 14.8. The van der Waals surface area contributed by atoms with E-state index >= 15 is 0 Å². The molecule has 0 aliphatic heterocycles. The number of fused-ring (bicyclic) bond motifs is 1. The molecule has 1 N–H and O–H groups in total. The van der Waals surface area contributed by atoms with Crippen LogP contribution in [0.25, 0.3) is 15.9 Å². The molecule has 27 heavy (non-hydrogen) atoms. The van der Waals surface area contributed by atoms with Crippen LogP contribution in [-0.4, -0.2) is 31.8 Å². The van der Waals surface area contributed by atoms with Gasteiger partial charge >= 0.3 is 0 Å². The van der Waals surface area contributed by atoms with Crippen molar-refractivity contribution < 1.29 is 9.29 Å². The third-order valence-corrected chi connectivity index (χ3v) is 6.11. The van der Waals surface area contributed by atoms with E-state index in [1.165, 1.54) is 26.4 Å². The molecule has 2 aromatic heterocycles. The van der Waals surface area contributed by atoms with Gasteiger partial charge in [0.2, 0.25) is 4.77 Å². The van der Waals surface area contributed by atoms with Crippen LogP contribution in [0.4, 0.5) is 4.39 Å². The SMILES string of the molecule is C[C@@H](c1nc2ccccc2s1)[NH+](C)Cn1nnn(-c2cccc(F)c2)c1=S. The molecule has 1 unspecified atom stereocenters. The minimum atomic E-state index is -0.337. The van der Waals surface area contributed by atoms with Crippen molar-refractivity contribution in [3.63, 3.8) is 0 Å². The van der Waals surface area contributed by atoms with Gasteiger partial charge in [0.05, 0.1) is 23.0 Å². The van der Waals surface area contributed by atoms with Crippen molar-refractivity contribution in [2.75, 3.05) is 7.05 Å². The predicted octanol–water partition coefficient (Wildman–Crippen LogP) is 2.78. The van der Waals surface area contributed by atoms with Crippen LogP contribution in [0.3, 0.4) is 0 Å². The number of nitrogens with one attached hydrogen (secondary N) is 1. The van der Waals surface area contributed by atoms with Gasteiger partial charge in [-0.2, -0.15) is 9.36 Å². The fourth-order valence-electron chi connectivity index (χ4n) is 2.80. The van der Waals surface area contributed by atoms with Crippen molar-refractivity contribution in [2.45, 2.75) is 19.6 Å². The second-order valence-electron chi connectivity index (χ2n) is 6.40. The lowest BCUT2D eigenvalue weighted by Crippen LogP contribution is -3.08. The highest BCUT2D eigenvalue weighted by molar-refractivity contribution is 7.71. The van der Waals surface area contributed by atoms with Gasteiger partial charge < -0.3 is 4.90 Å². The number of benzene rings is 2. The van der Waals surface area contributed by atoms with E-state index in [2.05, 4.69) is 30.5 Å². The number of nitrogens with zero attached hydrogens (tertiary/aromatic N) is 5. The molecule has 4 aromatic rings. The Morgan fingerprint density at radius 1 is 1.19 bits per heavy atom. The van der Waals surface area contributed by atoms with Crippen LogP contribution >= 0.6 is 23.6 Å². The molecule has 0 fully saturated rings. The Morgan fingerprint density at radius 3 is 2.78 bits per heavy atom. The number of rotatable bonds is 5. The summed E-state index contributed by atoms with van der Waals surface area (Å²) in [7, 11) is 2.07. The van der Waals surface area contributed by atoms with Gasteiger partial charge in [-0.05, 0) is 59.9 Å². The van der Waals surface area contributed by atoms with Gasteiger partial charge in [-0.1, -0.05) is 18.2 Å². The summed E-state index contributed by atoms with van der Waals surface area (Å²) in [4.78, 5) is 5.92. The van der Waals surface area contributed by atoms with Crippen LogP contribution in [0.15, 0.2) is 48.5 Å². The predicted molar refractivity (Wildman–Crippen MR) is 105 cm³/mol. The highest BCUT2D eigenvalue weighted by Gasteiger charge is 2.21. The smallest absolute Gasteiger partial charge is 0.225 e. The third kappa shape index (κ3) is 3.53. The lowest BCUT2D eigenvalue weighted by Gasteiger charge is -2.19. The van der Waals surface area contributed by atoms with Gasteiger partial charge in [0.15, 0.2) is 11.7 Å². The molecule has 0 bridgehead atoms. The number of thiazole rings is 1. The Bertz CT molecular complexity index is 1110. The van der Waals surface area contributed by atoms with Crippen molar-refractivity contribution in [1.29, 1.82) is 0 Å². The first kappa shape index (κ1) is 17.9. The number of halogens is 1. The van der Waals surface area contributed by atoms with Crippen molar-refractivity contribution in [2.24, 2.45) is 0 Å². The molecule has 4 rings (SSSR count). The van der Waals surface area contributed by atoms with E-state index in [0.717, 1.165) is 10.5 Å². The molecule has 0 amide bonds. The number of tetrazole rings is 1. The van der Waals surface area contributed by atoms with Gasteiger partial charge in [-0.15, -0.1) is 11.3 Å². The van der Waals surface area contributed by atoms with E-state index < -0.39 is 0 Å². The molecule has 0 aliphatic carbocycles. The number of quaternary nitrogens is 1. The van der Waals surface area contributed by atoms with Gasteiger partial charge in [-0.3, -0.25) is 0 Å². The first-order chi connectivity index (χ1) is 13.0. The summed E-state index contributed by atoms with van der Waals surface area (Å²) in [5.74, 6) is -0.337. The first-order valence-corrected chi connectivity index (χ1v) is 9.72. The van der Waals surface area contributed by atoms with Crippen LogP contribution in [0.5, 0.6) is 0 Å². The summed E-state index contributed by atoms with van der Waals surface area (Å²) in [6.07, 6.45) is 0. The van der Waals surface area contributed by atoms with Crippen LogP contribution in [-0.2, 0) is 6.67 Å². The summed E-state index contributed by atoms with van der Waals surface area (Å²) in [6, 6.07) is 14.4. The molecule has 9 heteroatoms. The molecule has 2 aromatic carbocycles. The lowest BCUT2D eigenvalue weighted by atomic mass is 10.3. The molecule has 0 saturated heterocycles. The number of para-hydroxylation sites is 1. The standard InChI is InChI=1S/C18H17FN6S2/c1-12(17-20-15-8-3-4-9-16(15)27-17)23(2)11-24-18(26)25(22-21-24)14-7-5-6-13(19)10-14/h3-10,12H,11H2,1-2H3/p+1/t12-/m0/s1. The highest BCUT2D eigenvalue weighted by atomic mass is 32.1.